The second kappa shape index (κ2) is 7.85. The lowest BCUT2D eigenvalue weighted by Gasteiger charge is -2.06. The Morgan fingerprint density at radius 1 is 1.05 bits per heavy atom. The van der Waals surface area contributed by atoms with Crippen molar-refractivity contribution in [1.82, 2.24) is 15.1 Å². The first-order valence-electron chi connectivity index (χ1n) is 7.51. The van der Waals surface area contributed by atoms with E-state index in [0.29, 0.717) is 0 Å². The van der Waals surface area contributed by atoms with Gasteiger partial charge in [-0.05, 0) is 57.8 Å². The van der Waals surface area contributed by atoms with Crippen LogP contribution in [0.5, 0.6) is 0 Å². The Kier molecular flexibility index (Phi) is 5.81. The van der Waals surface area contributed by atoms with E-state index in [0.717, 1.165) is 38.2 Å². The van der Waals surface area contributed by atoms with E-state index in [9.17, 15) is 0 Å². The Morgan fingerprint density at radius 3 is 2.50 bits per heavy atom. The molecule has 0 aliphatic rings. The van der Waals surface area contributed by atoms with Crippen LogP contribution in [0.4, 0.5) is 0 Å². The minimum Gasteiger partial charge on any atom is -0.317 e. The van der Waals surface area contributed by atoms with Gasteiger partial charge in [0.05, 0.1) is 5.69 Å². The summed E-state index contributed by atoms with van der Waals surface area (Å²) in [5.74, 6) is 0. The van der Waals surface area contributed by atoms with Gasteiger partial charge >= 0.3 is 0 Å². The summed E-state index contributed by atoms with van der Waals surface area (Å²) in [6.45, 7) is 7.32. The molecule has 0 bridgehead atoms. The van der Waals surface area contributed by atoms with Gasteiger partial charge in [-0.25, -0.2) is 0 Å². The topological polar surface area (TPSA) is 29.9 Å². The highest BCUT2D eigenvalue weighted by molar-refractivity contribution is 5.14. The van der Waals surface area contributed by atoms with Gasteiger partial charge in [-0.15, -0.1) is 0 Å². The molecular formula is C17H25N3. The Morgan fingerprint density at radius 2 is 1.80 bits per heavy atom. The van der Waals surface area contributed by atoms with Crippen LogP contribution in [-0.2, 0) is 13.0 Å². The fraction of sp³-hybridized carbons (Fsp3) is 0.471. The normalized spacial score (nSPS) is 10.9. The van der Waals surface area contributed by atoms with Crippen molar-refractivity contribution in [2.45, 2.75) is 39.7 Å². The van der Waals surface area contributed by atoms with Crippen LogP contribution in [0.3, 0.4) is 0 Å². The van der Waals surface area contributed by atoms with Gasteiger partial charge in [-0.1, -0.05) is 30.3 Å². The largest absolute Gasteiger partial charge is 0.317 e. The summed E-state index contributed by atoms with van der Waals surface area (Å²) in [6, 6.07) is 12.8. The lowest BCUT2D eigenvalue weighted by atomic mass is 10.1. The third kappa shape index (κ3) is 4.82. The summed E-state index contributed by atoms with van der Waals surface area (Å²) < 4.78 is 2.10. The molecule has 0 aliphatic carbocycles. The van der Waals surface area contributed by atoms with E-state index >= 15 is 0 Å². The highest BCUT2D eigenvalue weighted by Gasteiger charge is 1.99. The Hall–Kier alpha value is -1.61. The number of nitrogens with one attached hydrogen (secondary N) is 1. The van der Waals surface area contributed by atoms with Crippen molar-refractivity contribution in [2.24, 2.45) is 0 Å². The number of aromatic nitrogens is 2. The Labute approximate surface area is 122 Å². The van der Waals surface area contributed by atoms with Crippen molar-refractivity contribution in [3.8, 4) is 0 Å². The van der Waals surface area contributed by atoms with Crippen LogP contribution in [0.15, 0.2) is 36.4 Å². The second-order valence-corrected chi connectivity index (χ2v) is 5.34. The predicted molar refractivity (Wildman–Crippen MR) is 84.0 cm³/mol. The van der Waals surface area contributed by atoms with Crippen molar-refractivity contribution in [2.75, 3.05) is 13.1 Å². The molecule has 3 nitrogen and oxygen atoms in total. The third-order valence-corrected chi connectivity index (χ3v) is 3.49. The molecule has 20 heavy (non-hydrogen) atoms. The summed E-state index contributed by atoms with van der Waals surface area (Å²) in [6.07, 6.45) is 3.49. The van der Waals surface area contributed by atoms with E-state index in [-0.39, 0.29) is 0 Å². The number of nitrogens with zero attached hydrogens (tertiary/aromatic N) is 2. The van der Waals surface area contributed by atoms with Crippen molar-refractivity contribution in [1.29, 1.82) is 0 Å². The van der Waals surface area contributed by atoms with Gasteiger partial charge < -0.3 is 5.32 Å². The van der Waals surface area contributed by atoms with E-state index in [1.54, 1.807) is 0 Å². The van der Waals surface area contributed by atoms with E-state index in [2.05, 4.69) is 58.4 Å². The maximum atomic E-state index is 4.47. The lowest BCUT2D eigenvalue weighted by molar-refractivity contribution is 0.528. The first-order chi connectivity index (χ1) is 9.75. The zero-order valence-electron chi connectivity index (χ0n) is 12.6. The minimum absolute atomic E-state index is 1.01. The standard InChI is InChI=1S/C17H25N3/c1-15-14-16(2)20(19-15)13-7-12-18-11-6-10-17-8-4-3-5-9-17/h3-5,8-9,14,18H,6-7,10-13H2,1-2H3. The summed E-state index contributed by atoms with van der Waals surface area (Å²) in [4.78, 5) is 0. The van der Waals surface area contributed by atoms with Gasteiger partial charge in [0.15, 0.2) is 0 Å². The van der Waals surface area contributed by atoms with Gasteiger partial charge in [0, 0.05) is 12.2 Å². The molecule has 0 spiro atoms. The van der Waals surface area contributed by atoms with Gasteiger partial charge in [0.1, 0.15) is 0 Å². The molecule has 3 heteroatoms. The van der Waals surface area contributed by atoms with Crippen molar-refractivity contribution >= 4 is 0 Å². The van der Waals surface area contributed by atoms with E-state index in [1.807, 2.05) is 6.92 Å². The zero-order chi connectivity index (χ0) is 14.2. The van der Waals surface area contributed by atoms with Crippen molar-refractivity contribution < 1.29 is 0 Å². The van der Waals surface area contributed by atoms with Gasteiger partial charge in [-0.3, -0.25) is 4.68 Å². The van der Waals surface area contributed by atoms with Crippen LogP contribution >= 0.6 is 0 Å². The molecule has 0 atom stereocenters. The van der Waals surface area contributed by atoms with Crippen molar-refractivity contribution in [3.05, 3.63) is 53.3 Å². The summed E-state index contributed by atoms with van der Waals surface area (Å²) in [5, 5.41) is 7.98. The fourth-order valence-electron chi connectivity index (χ4n) is 2.44. The zero-order valence-corrected chi connectivity index (χ0v) is 12.6. The highest BCUT2D eigenvalue weighted by Crippen LogP contribution is 2.03. The smallest absolute Gasteiger partial charge is 0.0596 e. The van der Waals surface area contributed by atoms with Gasteiger partial charge in [0.25, 0.3) is 0 Å². The molecule has 1 heterocycles. The average Bonchev–Trinajstić information content (AvgIpc) is 2.77. The maximum Gasteiger partial charge on any atom is 0.0596 e. The second-order valence-electron chi connectivity index (χ2n) is 5.34. The molecule has 1 aromatic carbocycles. The molecule has 2 rings (SSSR count). The third-order valence-electron chi connectivity index (χ3n) is 3.49. The van der Waals surface area contributed by atoms with Crippen LogP contribution in [0.2, 0.25) is 0 Å². The maximum absolute atomic E-state index is 4.47. The molecule has 0 amide bonds. The molecule has 0 fully saturated rings. The van der Waals surface area contributed by atoms with E-state index in [1.165, 1.54) is 17.7 Å². The monoisotopic (exact) mass is 271 g/mol. The van der Waals surface area contributed by atoms with Crippen LogP contribution in [0, 0.1) is 13.8 Å². The van der Waals surface area contributed by atoms with E-state index < -0.39 is 0 Å². The lowest BCUT2D eigenvalue weighted by Crippen LogP contribution is -2.19. The highest BCUT2D eigenvalue weighted by atomic mass is 15.3. The fourth-order valence-corrected chi connectivity index (χ4v) is 2.44. The van der Waals surface area contributed by atoms with E-state index in [4.69, 9.17) is 0 Å². The quantitative estimate of drug-likeness (QED) is 0.748. The van der Waals surface area contributed by atoms with Crippen LogP contribution in [0.25, 0.3) is 0 Å². The number of benzene rings is 1. The molecule has 0 unspecified atom stereocenters. The number of rotatable bonds is 8. The molecular weight excluding hydrogens is 246 g/mol. The predicted octanol–water partition coefficient (Wildman–Crippen LogP) is 3.11. The first kappa shape index (κ1) is 14.8. The Balaban J connectivity index is 1.53. The number of aryl methyl sites for hydroxylation is 4. The summed E-state index contributed by atoms with van der Waals surface area (Å²) in [5.41, 5.74) is 3.79. The van der Waals surface area contributed by atoms with Crippen LogP contribution in [0.1, 0.15) is 29.8 Å². The molecule has 2 aromatic rings. The molecule has 108 valence electrons. The SMILES string of the molecule is Cc1cc(C)n(CCCNCCCc2ccccc2)n1. The van der Waals surface area contributed by atoms with Crippen LogP contribution < -0.4 is 5.32 Å². The number of hydrogen-bond donors (Lipinski definition) is 1. The van der Waals surface area contributed by atoms with Gasteiger partial charge in [-0.2, -0.15) is 5.10 Å². The Bertz CT molecular complexity index is 502. The van der Waals surface area contributed by atoms with Crippen molar-refractivity contribution in [3.63, 3.8) is 0 Å². The average molecular weight is 271 g/mol. The molecule has 0 saturated carbocycles. The molecule has 0 radical (unpaired) electrons. The molecule has 1 aromatic heterocycles. The van der Waals surface area contributed by atoms with Crippen LogP contribution in [-0.4, -0.2) is 22.9 Å². The first-order valence-corrected chi connectivity index (χ1v) is 7.51. The summed E-state index contributed by atoms with van der Waals surface area (Å²) >= 11 is 0. The summed E-state index contributed by atoms with van der Waals surface area (Å²) in [7, 11) is 0. The molecule has 0 saturated heterocycles. The minimum atomic E-state index is 1.01. The molecule has 1 N–H and O–H groups in total. The molecule has 0 aliphatic heterocycles. The van der Waals surface area contributed by atoms with Gasteiger partial charge in [0.2, 0.25) is 0 Å². The number of hydrogen-bond acceptors (Lipinski definition) is 2.